The van der Waals surface area contributed by atoms with E-state index in [4.69, 9.17) is 10.3 Å². The van der Waals surface area contributed by atoms with E-state index in [2.05, 4.69) is 17.0 Å². The minimum atomic E-state index is 0.633. The molecule has 1 fully saturated rings. The average molecular weight is 251 g/mol. The molecule has 4 heteroatoms. The monoisotopic (exact) mass is 251 g/mol. The first-order chi connectivity index (χ1) is 8.67. The minimum absolute atomic E-state index is 0.633. The molecule has 0 bridgehead atoms. The summed E-state index contributed by atoms with van der Waals surface area (Å²) in [6, 6.07) is 0.633. The van der Waals surface area contributed by atoms with E-state index in [0.717, 1.165) is 31.1 Å². The van der Waals surface area contributed by atoms with E-state index in [-0.39, 0.29) is 0 Å². The highest BCUT2D eigenvalue weighted by atomic mass is 16.5. The highest BCUT2D eigenvalue weighted by Gasteiger charge is 2.31. The predicted molar refractivity (Wildman–Crippen MR) is 72.2 cm³/mol. The molecule has 0 amide bonds. The van der Waals surface area contributed by atoms with Gasteiger partial charge < -0.3 is 10.3 Å². The number of hydrogen-bond acceptors (Lipinski definition) is 4. The van der Waals surface area contributed by atoms with Crippen molar-refractivity contribution >= 4 is 0 Å². The maximum atomic E-state index is 5.89. The summed E-state index contributed by atoms with van der Waals surface area (Å²) in [5.41, 5.74) is 8.16. The lowest BCUT2D eigenvalue weighted by Gasteiger charge is -2.31. The summed E-state index contributed by atoms with van der Waals surface area (Å²) in [7, 11) is 0. The third kappa shape index (κ3) is 2.59. The van der Waals surface area contributed by atoms with Crippen LogP contribution in [0.15, 0.2) is 4.52 Å². The molecule has 0 aromatic carbocycles. The second-order valence-electron chi connectivity index (χ2n) is 5.36. The Morgan fingerprint density at radius 2 is 2.17 bits per heavy atom. The van der Waals surface area contributed by atoms with Crippen LogP contribution in [0.2, 0.25) is 0 Å². The normalized spacial score (nSPS) is 24.1. The zero-order valence-corrected chi connectivity index (χ0v) is 11.8. The molecule has 1 aromatic heterocycles. The maximum Gasteiger partial charge on any atom is 0.138 e. The molecule has 2 rings (SSSR count). The van der Waals surface area contributed by atoms with Crippen molar-refractivity contribution in [2.75, 3.05) is 13.1 Å². The van der Waals surface area contributed by atoms with Gasteiger partial charge in [-0.25, -0.2) is 0 Å². The van der Waals surface area contributed by atoms with Gasteiger partial charge in [0.05, 0.1) is 5.69 Å². The van der Waals surface area contributed by atoms with Crippen molar-refractivity contribution in [3.8, 4) is 0 Å². The minimum Gasteiger partial charge on any atom is -0.361 e. The first-order valence-electron chi connectivity index (χ1n) is 7.03. The molecular weight excluding hydrogens is 226 g/mol. The average Bonchev–Trinajstić information content (AvgIpc) is 2.95. The maximum absolute atomic E-state index is 5.89. The van der Waals surface area contributed by atoms with Crippen LogP contribution in [0.1, 0.15) is 43.2 Å². The fraction of sp³-hybridized carbons (Fsp3) is 0.786. The highest BCUT2D eigenvalue weighted by molar-refractivity contribution is 5.20. The van der Waals surface area contributed by atoms with Crippen LogP contribution in [-0.4, -0.2) is 29.2 Å². The van der Waals surface area contributed by atoms with Crippen LogP contribution < -0.4 is 5.73 Å². The fourth-order valence-electron chi connectivity index (χ4n) is 3.17. The lowest BCUT2D eigenvalue weighted by molar-refractivity contribution is 0.161. The lowest BCUT2D eigenvalue weighted by atomic mass is 10.0. The zero-order valence-electron chi connectivity index (χ0n) is 11.8. The van der Waals surface area contributed by atoms with Crippen LogP contribution in [-0.2, 0) is 6.54 Å². The van der Waals surface area contributed by atoms with Crippen molar-refractivity contribution in [1.29, 1.82) is 0 Å². The molecule has 0 radical (unpaired) electrons. The van der Waals surface area contributed by atoms with Gasteiger partial charge in [0, 0.05) is 18.2 Å². The van der Waals surface area contributed by atoms with Gasteiger partial charge in [-0.2, -0.15) is 0 Å². The molecular formula is C14H25N3O. The van der Waals surface area contributed by atoms with E-state index in [1.807, 2.05) is 13.8 Å². The van der Waals surface area contributed by atoms with Gasteiger partial charge in [-0.05, 0) is 45.7 Å². The molecule has 1 aliphatic rings. The Balaban J connectivity index is 2.10. The Hall–Kier alpha value is -0.870. The summed E-state index contributed by atoms with van der Waals surface area (Å²) in [6.45, 7) is 9.06. The SMILES string of the molecule is CCN(Cc1c(C)noc1C)C1CCCC1CN. The summed E-state index contributed by atoms with van der Waals surface area (Å²) in [4.78, 5) is 2.54. The number of rotatable bonds is 5. The van der Waals surface area contributed by atoms with E-state index in [1.165, 1.54) is 24.8 Å². The molecule has 1 aromatic rings. The Labute approximate surface area is 110 Å². The third-order valence-corrected chi connectivity index (χ3v) is 4.34. The first-order valence-corrected chi connectivity index (χ1v) is 7.03. The highest BCUT2D eigenvalue weighted by Crippen LogP contribution is 2.30. The molecule has 0 spiro atoms. The quantitative estimate of drug-likeness (QED) is 0.872. The van der Waals surface area contributed by atoms with Crippen molar-refractivity contribution in [3.05, 3.63) is 17.0 Å². The van der Waals surface area contributed by atoms with E-state index < -0.39 is 0 Å². The number of hydrogen-bond donors (Lipinski definition) is 1. The van der Waals surface area contributed by atoms with E-state index in [9.17, 15) is 0 Å². The van der Waals surface area contributed by atoms with Gasteiger partial charge in [0.25, 0.3) is 0 Å². The smallest absolute Gasteiger partial charge is 0.138 e. The van der Waals surface area contributed by atoms with Crippen LogP contribution in [0.4, 0.5) is 0 Å². The molecule has 1 saturated carbocycles. The number of nitrogens with zero attached hydrogens (tertiary/aromatic N) is 2. The van der Waals surface area contributed by atoms with Crippen molar-refractivity contribution in [3.63, 3.8) is 0 Å². The molecule has 18 heavy (non-hydrogen) atoms. The molecule has 2 atom stereocenters. The van der Waals surface area contributed by atoms with E-state index in [0.29, 0.717) is 12.0 Å². The molecule has 1 heterocycles. The number of aryl methyl sites for hydroxylation is 2. The first kappa shape index (κ1) is 13.6. The van der Waals surface area contributed by atoms with Crippen LogP contribution in [0.25, 0.3) is 0 Å². The molecule has 0 aliphatic heterocycles. The lowest BCUT2D eigenvalue weighted by Crippen LogP contribution is -2.40. The van der Waals surface area contributed by atoms with Crippen molar-refractivity contribution in [1.82, 2.24) is 10.1 Å². The number of aromatic nitrogens is 1. The summed E-state index contributed by atoms with van der Waals surface area (Å²) in [5.74, 6) is 1.61. The molecule has 1 aliphatic carbocycles. The third-order valence-electron chi connectivity index (χ3n) is 4.34. The van der Waals surface area contributed by atoms with Gasteiger partial charge >= 0.3 is 0 Å². The fourth-order valence-corrected chi connectivity index (χ4v) is 3.17. The van der Waals surface area contributed by atoms with Crippen molar-refractivity contribution in [2.24, 2.45) is 11.7 Å². The molecule has 2 unspecified atom stereocenters. The Morgan fingerprint density at radius 3 is 2.72 bits per heavy atom. The van der Waals surface area contributed by atoms with Gasteiger partial charge in [0.1, 0.15) is 5.76 Å². The van der Waals surface area contributed by atoms with Crippen LogP contribution >= 0.6 is 0 Å². The van der Waals surface area contributed by atoms with E-state index >= 15 is 0 Å². The van der Waals surface area contributed by atoms with Crippen LogP contribution in [0.5, 0.6) is 0 Å². The molecule has 4 nitrogen and oxygen atoms in total. The standard InChI is InChI=1S/C14H25N3O/c1-4-17(14-7-5-6-12(14)8-15)9-13-10(2)16-18-11(13)3/h12,14H,4-9,15H2,1-3H3. The van der Waals surface area contributed by atoms with Gasteiger partial charge in [-0.3, -0.25) is 4.90 Å². The second kappa shape index (κ2) is 5.85. The molecule has 2 N–H and O–H groups in total. The molecule has 102 valence electrons. The summed E-state index contributed by atoms with van der Waals surface area (Å²) >= 11 is 0. The second-order valence-corrected chi connectivity index (χ2v) is 5.36. The van der Waals surface area contributed by atoms with Crippen LogP contribution in [0, 0.1) is 19.8 Å². The van der Waals surface area contributed by atoms with E-state index in [1.54, 1.807) is 0 Å². The van der Waals surface area contributed by atoms with Gasteiger partial charge in [-0.15, -0.1) is 0 Å². The van der Waals surface area contributed by atoms with Gasteiger partial charge in [0.2, 0.25) is 0 Å². The zero-order chi connectivity index (χ0) is 13.1. The van der Waals surface area contributed by atoms with Gasteiger partial charge in [0.15, 0.2) is 0 Å². The largest absolute Gasteiger partial charge is 0.361 e. The van der Waals surface area contributed by atoms with Gasteiger partial charge in [-0.1, -0.05) is 18.5 Å². The number of nitrogens with two attached hydrogens (primary N) is 1. The Morgan fingerprint density at radius 1 is 1.39 bits per heavy atom. The summed E-state index contributed by atoms with van der Waals surface area (Å²) in [5, 5.41) is 4.04. The topological polar surface area (TPSA) is 55.3 Å². The van der Waals surface area contributed by atoms with Crippen molar-refractivity contribution < 1.29 is 4.52 Å². The predicted octanol–water partition coefficient (Wildman–Crippen LogP) is 2.24. The summed E-state index contributed by atoms with van der Waals surface area (Å²) < 4.78 is 5.26. The molecule has 0 saturated heterocycles. The summed E-state index contributed by atoms with van der Waals surface area (Å²) in [6.07, 6.45) is 3.86. The Kier molecular flexibility index (Phi) is 4.40. The van der Waals surface area contributed by atoms with Crippen molar-refractivity contribution in [2.45, 2.75) is 52.6 Å². The van der Waals surface area contributed by atoms with Crippen LogP contribution in [0.3, 0.4) is 0 Å². The Bertz CT molecular complexity index is 369.